The summed E-state index contributed by atoms with van der Waals surface area (Å²) in [6, 6.07) is 15.9. The van der Waals surface area contributed by atoms with Crippen molar-refractivity contribution in [2.75, 3.05) is 31.1 Å². The van der Waals surface area contributed by atoms with Gasteiger partial charge in [-0.25, -0.2) is 10.3 Å². The number of hydrogen-bond acceptors (Lipinski definition) is 6. The van der Waals surface area contributed by atoms with Crippen molar-refractivity contribution in [1.82, 2.24) is 15.7 Å². The smallest absolute Gasteiger partial charge is 0.318 e. The number of anilines is 1. The summed E-state index contributed by atoms with van der Waals surface area (Å²) in [6.07, 6.45) is -0.765. The van der Waals surface area contributed by atoms with Crippen LogP contribution in [0.25, 0.3) is 0 Å². The number of carbonyl (C=O) groups is 2. The molecule has 0 bridgehead atoms. The number of amides is 3. The van der Waals surface area contributed by atoms with E-state index in [-0.39, 0.29) is 0 Å². The highest BCUT2D eigenvalue weighted by atomic mass is 16.5. The van der Waals surface area contributed by atoms with Gasteiger partial charge in [-0.15, -0.1) is 0 Å². The summed E-state index contributed by atoms with van der Waals surface area (Å²) in [6.45, 7) is 3.47. The molecule has 1 heterocycles. The molecule has 1 aliphatic rings. The molecule has 3 rings (SSSR count). The van der Waals surface area contributed by atoms with Crippen molar-refractivity contribution < 1.29 is 19.9 Å². The molecule has 1 fully saturated rings. The van der Waals surface area contributed by atoms with Gasteiger partial charge in [0.2, 0.25) is 0 Å². The molecule has 0 saturated carbocycles. The molecule has 0 unspecified atom stereocenters. The number of piperazine rings is 1. The number of benzene rings is 2. The first kappa shape index (κ1) is 24.6. The number of hydroxylamine groups is 1. The normalized spacial score (nSPS) is 14.8. The first-order valence-electron chi connectivity index (χ1n) is 10.9. The zero-order valence-electron chi connectivity index (χ0n) is 18.9. The maximum absolute atomic E-state index is 12.5. The molecule has 34 heavy (non-hydrogen) atoms. The fourth-order valence-electron chi connectivity index (χ4n) is 3.56. The summed E-state index contributed by atoms with van der Waals surface area (Å²) >= 11 is 0. The lowest BCUT2D eigenvalue weighted by molar-refractivity contribution is -0.133. The molecular weight excluding hydrogens is 434 g/mol. The monoisotopic (exact) mass is 461 g/mol. The summed E-state index contributed by atoms with van der Waals surface area (Å²) in [5.41, 5.74) is 5.21. The topological polar surface area (TPSA) is 129 Å². The molecule has 0 radical (unpaired) electrons. The van der Waals surface area contributed by atoms with Gasteiger partial charge in [0, 0.05) is 43.0 Å². The molecule has 1 saturated heterocycles. The van der Waals surface area contributed by atoms with Gasteiger partial charge in [0.25, 0.3) is 5.91 Å². The lowest BCUT2D eigenvalue weighted by Crippen LogP contribution is -2.58. The van der Waals surface area contributed by atoms with Gasteiger partial charge in [0.05, 0.1) is 18.6 Å². The molecule has 2 aromatic carbocycles. The maximum Gasteiger partial charge on any atom is 0.318 e. The van der Waals surface area contributed by atoms with Crippen molar-refractivity contribution in [1.29, 1.82) is 5.26 Å². The Morgan fingerprint density at radius 3 is 2.06 bits per heavy atom. The zero-order chi connectivity index (χ0) is 24.5. The minimum Gasteiger partial charge on any atom is -0.391 e. The highest BCUT2D eigenvalue weighted by Crippen LogP contribution is 2.17. The minimum atomic E-state index is -1.24. The van der Waals surface area contributed by atoms with Gasteiger partial charge >= 0.3 is 6.03 Å². The third-order valence-electron chi connectivity index (χ3n) is 5.54. The van der Waals surface area contributed by atoms with Crippen molar-refractivity contribution in [3.63, 3.8) is 0 Å². The van der Waals surface area contributed by atoms with Crippen LogP contribution in [0, 0.1) is 23.2 Å². The van der Waals surface area contributed by atoms with Crippen molar-refractivity contribution >= 4 is 17.6 Å². The summed E-state index contributed by atoms with van der Waals surface area (Å²) in [7, 11) is 0. The molecule has 3 amide bonds. The van der Waals surface area contributed by atoms with Gasteiger partial charge in [-0.1, -0.05) is 24.0 Å². The second-order valence-corrected chi connectivity index (χ2v) is 7.95. The Kier molecular flexibility index (Phi) is 8.47. The lowest BCUT2D eigenvalue weighted by Gasteiger charge is -2.36. The third-order valence-corrected chi connectivity index (χ3v) is 5.54. The number of aliphatic hydroxyl groups excluding tert-OH is 1. The first-order valence-corrected chi connectivity index (χ1v) is 10.9. The van der Waals surface area contributed by atoms with Crippen LogP contribution in [0.15, 0.2) is 48.5 Å². The van der Waals surface area contributed by atoms with Gasteiger partial charge in [0.15, 0.2) is 0 Å². The van der Waals surface area contributed by atoms with Crippen molar-refractivity contribution in [3.05, 3.63) is 65.2 Å². The van der Waals surface area contributed by atoms with E-state index < -0.39 is 24.1 Å². The number of carbonyl (C=O) groups excluding carboxylic acids is 2. The fourth-order valence-corrected chi connectivity index (χ4v) is 3.56. The molecule has 176 valence electrons. The Balaban J connectivity index is 1.54. The largest absolute Gasteiger partial charge is 0.391 e. The lowest BCUT2D eigenvalue weighted by atomic mass is 10.1. The molecule has 9 nitrogen and oxygen atoms in total. The maximum atomic E-state index is 12.5. The van der Waals surface area contributed by atoms with Gasteiger partial charge in [-0.2, -0.15) is 5.26 Å². The number of aliphatic hydroxyl groups is 1. The predicted molar refractivity (Wildman–Crippen MR) is 126 cm³/mol. The Hall–Kier alpha value is -4.05. The van der Waals surface area contributed by atoms with Gasteiger partial charge in [-0.3, -0.25) is 10.0 Å². The van der Waals surface area contributed by atoms with E-state index in [1.807, 2.05) is 48.5 Å². The number of rotatable bonds is 5. The van der Waals surface area contributed by atoms with E-state index in [9.17, 15) is 14.7 Å². The van der Waals surface area contributed by atoms with Crippen LogP contribution in [-0.2, 0) is 11.2 Å². The summed E-state index contributed by atoms with van der Waals surface area (Å²) in [4.78, 5) is 27.8. The average Bonchev–Trinajstić information content (AvgIpc) is 2.86. The fraction of sp³-hybridized carbons (Fsp3) is 0.320. The van der Waals surface area contributed by atoms with E-state index in [0.29, 0.717) is 32.6 Å². The summed E-state index contributed by atoms with van der Waals surface area (Å²) in [5.74, 6) is 5.39. The number of nitrogens with one attached hydrogen (secondary N) is 2. The molecule has 9 heteroatoms. The Morgan fingerprint density at radius 2 is 1.56 bits per heavy atom. The molecule has 0 aromatic heterocycles. The van der Waals surface area contributed by atoms with Crippen molar-refractivity contribution in [3.8, 4) is 17.9 Å². The minimum absolute atomic E-state index is 0.386. The van der Waals surface area contributed by atoms with E-state index in [1.54, 1.807) is 4.90 Å². The summed E-state index contributed by atoms with van der Waals surface area (Å²) < 4.78 is 0. The highest BCUT2D eigenvalue weighted by molar-refractivity contribution is 5.87. The van der Waals surface area contributed by atoms with Crippen LogP contribution < -0.4 is 15.7 Å². The standard InChI is InChI=1S/C25H27N5O4/c1-18(31)23(24(32)28-34)27-25(33)30-16-14-29(15-17-30)22-10-8-20(9-11-22)3-2-19-4-6-21(7-5-19)12-13-26/h4-11,18,23,31,34H,12,14-17H2,1H3,(H,27,33)(H,28,32)/t18-,23-/m1/s1. The van der Waals surface area contributed by atoms with Crippen LogP contribution in [0.2, 0.25) is 0 Å². The summed E-state index contributed by atoms with van der Waals surface area (Å²) in [5, 5.41) is 29.6. The van der Waals surface area contributed by atoms with Crippen LogP contribution in [0.1, 0.15) is 23.6 Å². The quantitative estimate of drug-likeness (QED) is 0.301. The van der Waals surface area contributed by atoms with Crippen molar-refractivity contribution in [2.24, 2.45) is 0 Å². The number of nitriles is 1. The van der Waals surface area contributed by atoms with E-state index in [1.165, 1.54) is 12.4 Å². The van der Waals surface area contributed by atoms with E-state index >= 15 is 0 Å². The molecule has 2 atom stereocenters. The van der Waals surface area contributed by atoms with Crippen LogP contribution in [0.5, 0.6) is 0 Å². The highest BCUT2D eigenvalue weighted by Gasteiger charge is 2.29. The predicted octanol–water partition coefficient (Wildman–Crippen LogP) is 1.24. The molecule has 2 aromatic rings. The molecule has 0 aliphatic carbocycles. The number of nitrogens with zero attached hydrogens (tertiary/aromatic N) is 3. The molecule has 4 N–H and O–H groups in total. The molecule has 1 aliphatic heterocycles. The van der Waals surface area contributed by atoms with Crippen LogP contribution in [0.4, 0.5) is 10.5 Å². The second-order valence-electron chi connectivity index (χ2n) is 7.95. The Labute approximate surface area is 198 Å². The first-order chi connectivity index (χ1) is 16.4. The molecule has 0 spiro atoms. The number of hydrogen-bond donors (Lipinski definition) is 4. The average molecular weight is 462 g/mol. The second kappa shape index (κ2) is 11.7. The van der Waals surface area contributed by atoms with Crippen LogP contribution in [0.3, 0.4) is 0 Å². The van der Waals surface area contributed by atoms with Gasteiger partial charge in [0.1, 0.15) is 6.04 Å². The Bertz CT molecular complexity index is 1090. The van der Waals surface area contributed by atoms with E-state index in [4.69, 9.17) is 10.5 Å². The van der Waals surface area contributed by atoms with Crippen LogP contribution >= 0.6 is 0 Å². The SMILES string of the molecule is C[C@@H](O)[C@@H](NC(=O)N1CCN(c2ccc(C#Cc3ccc(CC#N)cc3)cc2)CC1)C(=O)NO. The van der Waals surface area contributed by atoms with E-state index in [0.717, 1.165) is 22.4 Å². The van der Waals surface area contributed by atoms with Gasteiger partial charge < -0.3 is 20.2 Å². The molecular formula is C25H27N5O4. The third kappa shape index (κ3) is 6.48. The van der Waals surface area contributed by atoms with Crippen LogP contribution in [-0.4, -0.2) is 65.5 Å². The zero-order valence-corrected chi connectivity index (χ0v) is 18.9. The number of urea groups is 1. The van der Waals surface area contributed by atoms with Gasteiger partial charge in [-0.05, 0) is 48.9 Å². The van der Waals surface area contributed by atoms with Crippen molar-refractivity contribution in [2.45, 2.75) is 25.5 Å². The van der Waals surface area contributed by atoms with E-state index in [2.05, 4.69) is 28.1 Å². The Morgan fingerprint density at radius 1 is 1.00 bits per heavy atom.